The Bertz CT molecular complexity index is 733. The Morgan fingerprint density at radius 1 is 1.42 bits per heavy atom. The lowest BCUT2D eigenvalue weighted by molar-refractivity contribution is -0.210. The molecule has 1 aliphatic rings. The van der Waals surface area contributed by atoms with Crippen LogP contribution in [0.4, 0.5) is 17.6 Å². The third-order valence-corrected chi connectivity index (χ3v) is 3.78. The maximum Gasteiger partial charge on any atom is 0.491 e. The number of alkyl halides is 3. The molecular weight excluding hydrogens is 360 g/mol. The van der Waals surface area contributed by atoms with Crippen molar-refractivity contribution in [1.29, 1.82) is 0 Å². The van der Waals surface area contributed by atoms with E-state index in [-0.39, 0.29) is 30.0 Å². The number of nitrogens with one attached hydrogen (secondary N) is 1. The number of carbonyl (C=O) groups is 2. The van der Waals surface area contributed by atoms with Gasteiger partial charge in [-0.2, -0.15) is 13.2 Å². The number of amides is 1. The summed E-state index contributed by atoms with van der Waals surface area (Å²) < 4.78 is 59.4. The van der Waals surface area contributed by atoms with Gasteiger partial charge in [0.05, 0.1) is 5.70 Å². The zero-order valence-electron chi connectivity index (χ0n) is 13.9. The predicted octanol–water partition coefficient (Wildman–Crippen LogP) is 2.16. The molecule has 1 atom stereocenters. The quantitative estimate of drug-likeness (QED) is 0.630. The minimum absolute atomic E-state index is 0.105. The zero-order valence-corrected chi connectivity index (χ0v) is 13.9. The Morgan fingerprint density at radius 3 is 2.69 bits per heavy atom. The minimum atomic E-state index is -5.16. The first kappa shape index (κ1) is 19.5. The van der Waals surface area contributed by atoms with E-state index in [0.29, 0.717) is 11.9 Å². The van der Waals surface area contributed by atoms with Crippen molar-refractivity contribution in [3.8, 4) is 5.75 Å². The number of ether oxygens (including phenoxy) is 2. The van der Waals surface area contributed by atoms with Crippen molar-refractivity contribution in [3.63, 3.8) is 0 Å². The SMILES string of the molecule is CN/C(=C\F)COc1ccc2c(c1)CC(OC(=O)C(F)(F)F)N(C)C2=O. The lowest BCUT2D eigenvalue weighted by Gasteiger charge is -2.33. The van der Waals surface area contributed by atoms with E-state index < -0.39 is 24.3 Å². The van der Waals surface area contributed by atoms with E-state index in [2.05, 4.69) is 10.1 Å². The highest BCUT2D eigenvalue weighted by atomic mass is 19.4. The van der Waals surface area contributed by atoms with Gasteiger partial charge in [-0.05, 0) is 23.8 Å². The summed E-state index contributed by atoms with van der Waals surface area (Å²) in [5, 5.41) is 2.58. The molecule has 0 spiro atoms. The number of esters is 1. The van der Waals surface area contributed by atoms with Gasteiger partial charge >= 0.3 is 12.1 Å². The first-order valence-corrected chi connectivity index (χ1v) is 7.45. The molecule has 1 aliphatic heterocycles. The molecule has 1 heterocycles. The van der Waals surface area contributed by atoms with Crippen molar-refractivity contribution < 1.29 is 36.6 Å². The van der Waals surface area contributed by atoms with Crippen LogP contribution in [0.2, 0.25) is 0 Å². The zero-order chi connectivity index (χ0) is 19.5. The van der Waals surface area contributed by atoms with Crippen LogP contribution in [0.15, 0.2) is 30.2 Å². The van der Waals surface area contributed by atoms with Gasteiger partial charge in [0.25, 0.3) is 5.91 Å². The fraction of sp³-hybridized carbons (Fsp3) is 0.375. The number of nitrogens with zero attached hydrogens (tertiary/aromatic N) is 1. The highest BCUT2D eigenvalue weighted by Gasteiger charge is 2.44. The largest absolute Gasteiger partial charge is 0.491 e. The molecule has 0 saturated carbocycles. The predicted molar refractivity (Wildman–Crippen MR) is 81.9 cm³/mol. The molecule has 0 saturated heterocycles. The van der Waals surface area contributed by atoms with E-state index in [1.165, 1.54) is 32.3 Å². The van der Waals surface area contributed by atoms with Crippen molar-refractivity contribution in [2.75, 3.05) is 20.7 Å². The van der Waals surface area contributed by atoms with E-state index in [4.69, 9.17) is 4.74 Å². The second-order valence-corrected chi connectivity index (χ2v) is 5.47. The van der Waals surface area contributed by atoms with Crippen molar-refractivity contribution in [3.05, 3.63) is 41.4 Å². The van der Waals surface area contributed by atoms with Crippen LogP contribution >= 0.6 is 0 Å². The second kappa shape index (κ2) is 7.63. The third-order valence-electron chi connectivity index (χ3n) is 3.78. The number of hydrogen-bond donors (Lipinski definition) is 1. The van der Waals surface area contributed by atoms with Gasteiger partial charge in [-0.15, -0.1) is 0 Å². The number of carbonyl (C=O) groups excluding carboxylic acids is 2. The molecule has 0 aromatic heterocycles. The first-order chi connectivity index (χ1) is 12.2. The molecule has 1 N–H and O–H groups in total. The van der Waals surface area contributed by atoms with Gasteiger partial charge in [-0.25, -0.2) is 9.18 Å². The van der Waals surface area contributed by atoms with Crippen LogP contribution in [-0.2, 0) is 16.0 Å². The highest BCUT2D eigenvalue weighted by molar-refractivity contribution is 5.97. The van der Waals surface area contributed by atoms with Crippen molar-refractivity contribution in [2.45, 2.75) is 18.8 Å². The molecule has 1 amide bonds. The Labute approximate surface area is 146 Å². The molecule has 26 heavy (non-hydrogen) atoms. The maximum atomic E-state index is 12.5. The monoisotopic (exact) mass is 376 g/mol. The molecule has 142 valence electrons. The number of halogens is 4. The summed E-state index contributed by atoms with van der Waals surface area (Å²) in [5.74, 6) is -2.67. The summed E-state index contributed by atoms with van der Waals surface area (Å²) in [5.41, 5.74) is 0.797. The van der Waals surface area contributed by atoms with Crippen molar-refractivity contribution >= 4 is 11.9 Å². The lowest BCUT2D eigenvalue weighted by atomic mass is 9.98. The van der Waals surface area contributed by atoms with E-state index in [9.17, 15) is 27.2 Å². The van der Waals surface area contributed by atoms with Crippen LogP contribution in [0.5, 0.6) is 5.75 Å². The van der Waals surface area contributed by atoms with Crippen LogP contribution in [0.25, 0.3) is 0 Å². The maximum absolute atomic E-state index is 12.5. The molecule has 0 fully saturated rings. The fourth-order valence-electron chi connectivity index (χ4n) is 2.31. The summed E-state index contributed by atoms with van der Waals surface area (Å²) in [6.07, 6.45) is -6.34. The van der Waals surface area contributed by atoms with Gasteiger partial charge in [0.1, 0.15) is 18.7 Å². The average Bonchev–Trinajstić information content (AvgIpc) is 2.59. The van der Waals surface area contributed by atoms with Crippen LogP contribution in [-0.4, -0.2) is 49.9 Å². The lowest BCUT2D eigenvalue weighted by Crippen LogP contribution is -2.47. The van der Waals surface area contributed by atoms with E-state index in [0.717, 1.165) is 4.90 Å². The van der Waals surface area contributed by atoms with Gasteiger partial charge in [0, 0.05) is 26.1 Å². The summed E-state index contributed by atoms with van der Waals surface area (Å²) in [4.78, 5) is 24.2. The average molecular weight is 376 g/mol. The molecule has 1 aromatic carbocycles. The first-order valence-electron chi connectivity index (χ1n) is 7.45. The highest BCUT2D eigenvalue weighted by Crippen LogP contribution is 2.28. The summed E-state index contributed by atoms with van der Waals surface area (Å²) in [6, 6.07) is 4.38. The van der Waals surface area contributed by atoms with E-state index in [1.54, 1.807) is 0 Å². The number of likely N-dealkylation sites (N-methyl/N-ethyl adjacent to an activating group) is 2. The van der Waals surface area contributed by atoms with E-state index in [1.807, 2.05) is 0 Å². The number of fused-ring (bicyclic) bond motifs is 1. The molecule has 0 radical (unpaired) electrons. The number of rotatable bonds is 5. The Hall–Kier alpha value is -2.78. The standard InChI is InChI=1S/C16H16F4N2O4/c1-21-10(7-17)8-25-11-3-4-12-9(5-11)6-13(22(2)14(12)23)26-15(24)16(18,19)20/h3-5,7,13,21H,6,8H2,1-2H3/b10-7-. The summed E-state index contributed by atoms with van der Waals surface area (Å²) in [6.45, 7) is -0.105. The number of hydrogen-bond acceptors (Lipinski definition) is 5. The molecule has 0 aliphatic carbocycles. The summed E-state index contributed by atoms with van der Waals surface area (Å²) in [7, 11) is 2.75. The molecule has 1 unspecified atom stereocenters. The van der Waals surface area contributed by atoms with Gasteiger partial charge < -0.3 is 19.7 Å². The Morgan fingerprint density at radius 2 is 2.12 bits per heavy atom. The third kappa shape index (κ3) is 4.24. The van der Waals surface area contributed by atoms with Crippen LogP contribution < -0.4 is 10.1 Å². The van der Waals surface area contributed by atoms with Crippen LogP contribution in [0, 0.1) is 0 Å². The molecule has 2 rings (SSSR count). The molecule has 1 aromatic rings. The van der Waals surface area contributed by atoms with Gasteiger partial charge in [0.2, 0.25) is 0 Å². The second-order valence-electron chi connectivity index (χ2n) is 5.47. The molecule has 6 nitrogen and oxygen atoms in total. The molecular formula is C16H16F4N2O4. The topological polar surface area (TPSA) is 67.9 Å². The van der Waals surface area contributed by atoms with Crippen LogP contribution in [0.3, 0.4) is 0 Å². The summed E-state index contributed by atoms with van der Waals surface area (Å²) >= 11 is 0. The van der Waals surface area contributed by atoms with Gasteiger partial charge in [0.15, 0.2) is 6.23 Å². The van der Waals surface area contributed by atoms with Gasteiger partial charge in [-0.1, -0.05) is 0 Å². The fourth-order valence-corrected chi connectivity index (χ4v) is 2.31. The van der Waals surface area contributed by atoms with E-state index >= 15 is 0 Å². The van der Waals surface area contributed by atoms with Gasteiger partial charge in [-0.3, -0.25) is 4.79 Å². The Balaban J connectivity index is 2.18. The number of benzene rings is 1. The van der Waals surface area contributed by atoms with Crippen LogP contribution in [0.1, 0.15) is 15.9 Å². The van der Waals surface area contributed by atoms with Crippen molar-refractivity contribution in [2.24, 2.45) is 0 Å². The molecule has 0 bridgehead atoms. The minimum Gasteiger partial charge on any atom is -0.487 e. The molecule has 10 heteroatoms. The smallest absolute Gasteiger partial charge is 0.487 e. The van der Waals surface area contributed by atoms with Crippen molar-refractivity contribution in [1.82, 2.24) is 10.2 Å². The normalized spacial score (nSPS) is 17.6. The Kier molecular flexibility index (Phi) is 5.73.